The minimum Gasteiger partial charge on any atom is -0.346 e. The lowest BCUT2D eigenvalue weighted by Gasteiger charge is -2.20. The Hall–Kier alpha value is -1.43. The Morgan fingerprint density at radius 3 is 2.50 bits per heavy atom. The molecule has 4 nitrogen and oxygen atoms in total. The molecule has 6 heteroatoms. The van der Waals surface area contributed by atoms with Crippen molar-refractivity contribution >= 4 is 28.8 Å². The maximum absolute atomic E-state index is 12.0. The Bertz CT molecular complexity index is 674. The fraction of sp³-hybridized carbons (Fsp3) is 0.375. The molecule has 1 aromatic carbocycles. The minimum absolute atomic E-state index is 0.180. The number of rotatable bonds is 4. The van der Waals surface area contributed by atoms with Crippen molar-refractivity contribution in [1.29, 1.82) is 0 Å². The van der Waals surface area contributed by atoms with Crippen LogP contribution in [0.25, 0.3) is 11.3 Å². The molecule has 0 aliphatic rings. The molecule has 22 heavy (non-hydrogen) atoms. The number of carbonyl (C=O) groups excluding carboxylic acids is 1. The van der Waals surface area contributed by atoms with Gasteiger partial charge < -0.3 is 11.1 Å². The molecule has 1 atom stereocenters. The molecule has 0 radical (unpaired) electrons. The predicted molar refractivity (Wildman–Crippen MR) is 92.1 cm³/mol. The highest BCUT2D eigenvalue weighted by Gasteiger charge is 2.25. The maximum Gasteiger partial charge on any atom is 0.240 e. The van der Waals surface area contributed by atoms with E-state index in [0.717, 1.165) is 21.1 Å². The van der Waals surface area contributed by atoms with Crippen LogP contribution in [0.5, 0.6) is 0 Å². The minimum atomic E-state index is -0.903. The van der Waals surface area contributed by atoms with Crippen LogP contribution in [-0.2, 0) is 4.79 Å². The predicted octanol–water partition coefficient (Wildman–Crippen LogP) is 3.69. The van der Waals surface area contributed by atoms with Crippen LogP contribution in [0.4, 0.5) is 0 Å². The third-order valence-corrected chi connectivity index (χ3v) is 4.64. The first-order valence-electron chi connectivity index (χ1n) is 7.01. The number of carbonyl (C=O) groups is 1. The zero-order chi connectivity index (χ0) is 16.5. The van der Waals surface area contributed by atoms with Gasteiger partial charge in [-0.1, -0.05) is 23.7 Å². The SMILES string of the molecule is Cc1sc(C(C)NC(=O)C(C)(C)N)nc1-c1ccc(Cl)cc1. The summed E-state index contributed by atoms with van der Waals surface area (Å²) in [5.41, 5.74) is 6.84. The molecule has 2 rings (SSSR count). The second-order valence-corrected chi connectivity index (χ2v) is 7.55. The van der Waals surface area contributed by atoms with Crippen molar-refractivity contribution in [1.82, 2.24) is 10.3 Å². The smallest absolute Gasteiger partial charge is 0.240 e. The molecule has 0 saturated carbocycles. The average molecular weight is 338 g/mol. The molecular formula is C16H20ClN3OS. The Balaban J connectivity index is 2.22. The monoisotopic (exact) mass is 337 g/mol. The first-order chi connectivity index (χ1) is 10.2. The average Bonchev–Trinajstić information content (AvgIpc) is 2.81. The Kier molecular flexibility index (Phi) is 4.90. The number of aromatic nitrogens is 1. The molecular weight excluding hydrogens is 318 g/mol. The van der Waals surface area contributed by atoms with E-state index in [9.17, 15) is 4.79 Å². The fourth-order valence-corrected chi connectivity index (χ4v) is 2.99. The topological polar surface area (TPSA) is 68.0 Å². The van der Waals surface area contributed by atoms with E-state index >= 15 is 0 Å². The number of nitrogens with one attached hydrogen (secondary N) is 1. The van der Waals surface area contributed by atoms with Crippen molar-refractivity contribution in [3.05, 3.63) is 39.2 Å². The van der Waals surface area contributed by atoms with Gasteiger partial charge in [0, 0.05) is 15.5 Å². The van der Waals surface area contributed by atoms with E-state index in [-0.39, 0.29) is 11.9 Å². The fourth-order valence-electron chi connectivity index (χ4n) is 1.92. The molecule has 3 N–H and O–H groups in total. The lowest BCUT2D eigenvalue weighted by molar-refractivity contribution is -0.125. The van der Waals surface area contributed by atoms with Gasteiger partial charge in [0.05, 0.1) is 17.3 Å². The first-order valence-corrected chi connectivity index (χ1v) is 8.21. The van der Waals surface area contributed by atoms with Gasteiger partial charge in [0.15, 0.2) is 0 Å². The Labute approximate surface area is 139 Å². The van der Waals surface area contributed by atoms with E-state index in [4.69, 9.17) is 17.3 Å². The number of benzene rings is 1. The number of hydrogen-bond acceptors (Lipinski definition) is 4. The summed E-state index contributed by atoms with van der Waals surface area (Å²) in [5.74, 6) is -0.194. The molecule has 1 amide bonds. The van der Waals surface area contributed by atoms with Gasteiger partial charge in [0.25, 0.3) is 0 Å². The summed E-state index contributed by atoms with van der Waals surface area (Å²) in [6.07, 6.45) is 0. The molecule has 0 bridgehead atoms. The number of aryl methyl sites for hydroxylation is 1. The molecule has 2 aromatic rings. The molecule has 118 valence electrons. The molecule has 0 fully saturated rings. The van der Waals surface area contributed by atoms with E-state index in [1.54, 1.807) is 25.2 Å². The van der Waals surface area contributed by atoms with Gasteiger partial charge in [-0.05, 0) is 39.8 Å². The normalized spacial score (nSPS) is 13.0. The number of amides is 1. The highest BCUT2D eigenvalue weighted by Crippen LogP contribution is 2.31. The van der Waals surface area contributed by atoms with Crippen molar-refractivity contribution < 1.29 is 4.79 Å². The molecule has 0 saturated heterocycles. The van der Waals surface area contributed by atoms with Crippen LogP contribution < -0.4 is 11.1 Å². The van der Waals surface area contributed by atoms with Gasteiger partial charge in [-0.3, -0.25) is 4.79 Å². The van der Waals surface area contributed by atoms with E-state index in [0.29, 0.717) is 5.02 Å². The van der Waals surface area contributed by atoms with Crippen LogP contribution in [0.15, 0.2) is 24.3 Å². The molecule has 0 spiro atoms. The summed E-state index contributed by atoms with van der Waals surface area (Å²) < 4.78 is 0. The zero-order valence-corrected chi connectivity index (χ0v) is 14.7. The lowest BCUT2D eigenvalue weighted by Crippen LogP contribution is -2.49. The molecule has 1 heterocycles. The van der Waals surface area contributed by atoms with E-state index in [2.05, 4.69) is 10.3 Å². The van der Waals surface area contributed by atoms with Crippen molar-refractivity contribution in [3.63, 3.8) is 0 Å². The molecule has 0 aliphatic carbocycles. The summed E-state index contributed by atoms with van der Waals surface area (Å²) in [6.45, 7) is 7.29. The van der Waals surface area contributed by atoms with Crippen LogP contribution in [-0.4, -0.2) is 16.4 Å². The van der Waals surface area contributed by atoms with Crippen LogP contribution in [0.3, 0.4) is 0 Å². The number of nitrogens with two attached hydrogens (primary N) is 1. The number of hydrogen-bond donors (Lipinski definition) is 2. The Morgan fingerprint density at radius 1 is 1.36 bits per heavy atom. The third kappa shape index (κ3) is 3.85. The quantitative estimate of drug-likeness (QED) is 0.894. The van der Waals surface area contributed by atoms with E-state index in [1.807, 2.05) is 38.1 Å². The van der Waals surface area contributed by atoms with Crippen molar-refractivity contribution in [2.24, 2.45) is 5.73 Å². The van der Waals surface area contributed by atoms with Gasteiger partial charge in [0.2, 0.25) is 5.91 Å². The molecule has 1 unspecified atom stereocenters. The summed E-state index contributed by atoms with van der Waals surface area (Å²) in [7, 11) is 0. The summed E-state index contributed by atoms with van der Waals surface area (Å²) in [5, 5.41) is 4.46. The van der Waals surface area contributed by atoms with Crippen LogP contribution in [0, 0.1) is 6.92 Å². The summed E-state index contributed by atoms with van der Waals surface area (Å²) in [4.78, 5) is 17.7. The largest absolute Gasteiger partial charge is 0.346 e. The molecule has 0 aliphatic heterocycles. The van der Waals surface area contributed by atoms with E-state index < -0.39 is 5.54 Å². The van der Waals surface area contributed by atoms with Crippen molar-refractivity contribution in [2.45, 2.75) is 39.3 Å². The van der Waals surface area contributed by atoms with Gasteiger partial charge in [-0.25, -0.2) is 4.98 Å². The Morgan fingerprint density at radius 2 is 1.95 bits per heavy atom. The maximum atomic E-state index is 12.0. The van der Waals surface area contributed by atoms with Gasteiger partial charge in [-0.2, -0.15) is 0 Å². The van der Waals surface area contributed by atoms with Gasteiger partial charge in [-0.15, -0.1) is 11.3 Å². The standard InChI is InChI=1S/C16H20ClN3OS/c1-9(19-15(21)16(3,4)18)14-20-13(10(2)22-14)11-5-7-12(17)8-6-11/h5-9H,18H2,1-4H3,(H,19,21). The van der Waals surface area contributed by atoms with Crippen molar-refractivity contribution in [3.8, 4) is 11.3 Å². The second kappa shape index (κ2) is 6.36. The second-order valence-electron chi connectivity index (χ2n) is 5.88. The van der Waals surface area contributed by atoms with Crippen LogP contribution >= 0.6 is 22.9 Å². The number of halogens is 1. The summed E-state index contributed by atoms with van der Waals surface area (Å²) >= 11 is 7.49. The highest BCUT2D eigenvalue weighted by molar-refractivity contribution is 7.12. The number of nitrogens with zero attached hydrogens (tertiary/aromatic N) is 1. The van der Waals surface area contributed by atoms with Crippen molar-refractivity contribution in [2.75, 3.05) is 0 Å². The first kappa shape index (κ1) is 16.9. The van der Waals surface area contributed by atoms with Gasteiger partial charge in [0.1, 0.15) is 5.01 Å². The summed E-state index contributed by atoms with van der Waals surface area (Å²) in [6, 6.07) is 7.40. The highest BCUT2D eigenvalue weighted by atomic mass is 35.5. The van der Waals surface area contributed by atoms with Crippen LogP contribution in [0.2, 0.25) is 5.02 Å². The van der Waals surface area contributed by atoms with Gasteiger partial charge >= 0.3 is 0 Å². The third-order valence-electron chi connectivity index (χ3n) is 3.23. The van der Waals surface area contributed by atoms with E-state index in [1.165, 1.54) is 0 Å². The van der Waals surface area contributed by atoms with Crippen LogP contribution in [0.1, 0.15) is 36.7 Å². The number of thiazole rings is 1. The zero-order valence-electron chi connectivity index (χ0n) is 13.1. The lowest BCUT2D eigenvalue weighted by atomic mass is 10.1. The molecule has 1 aromatic heterocycles.